The third-order valence-electron chi connectivity index (χ3n) is 6.63. The molecule has 0 saturated heterocycles. The van der Waals surface area contributed by atoms with Crippen molar-refractivity contribution in [2.45, 2.75) is 57.8 Å². The van der Waals surface area contributed by atoms with E-state index < -0.39 is 8.32 Å². The predicted octanol–water partition coefficient (Wildman–Crippen LogP) is 5.50. The predicted molar refractivity (Wildman–Crippen MR) is 159 cm³/mol. The summed E-state index contributed by atoms with van der Waals surface area (Å²) >= 11 is 0. The van der Waals surface area contributed by atoms with Crippen LogP contribution >= 0.6 is 0 Å². The van der Waals surface area contributed by atoms with E-state index in [0.717, 1.165) is 11.3 Å². The van der Waals surface area contributed by atoms with Gasteiger partial charge in [0.15, 0.2) is 0 Å². The number of carbonyl (C=O) groups is 1. The molecule has 3 rings (SSSR count). The van der Waals surface area contributed by atoms with Gasteiger partial charge in [-0.2, -0.15) is 0 Å². The summed E-state index contributed by atoms with van der Waals surface area (Å²) in [5.74, 6) is 6.93. The van der Waals surface area contributed by atoms with E-state index in [2.05, 4.69) is 81.1 Å². The van der Waals surface area contributed by atoms with Gasteiger partial charge in [0.05, 0.1) is 40.0 Å². The van der Waals surface area contributed by atoms with Gasteiger partial charge in [-0.05, 0) is 33.1 Å². The minimum Gasteiger partial charge on any atom is -0.497 e. The van der Waals surface area contributed by atoms with Gasteiger partial charge in [0, 0.05) is 12.8 Å². The Labute approximate surface area is 234 Å². The molecule has 0 heterocycles. The highest BCUT2D eigenvalue weighted by Gasteiger charge is 2.51. The standard InChI is InChI=1S/C33H40O5Si/c1-33(2,3)39(30-16-10-7-11-17-30,31-18-12-8-13-19-31)38-29(15-9-6-14-20-32(34)36-5)26-37-25-27-21-23-28(35-4)24-22-27/h7-8,10-13,16-19,21-24,29H,14-15,20,25-26H2,1-5H3/t29-/m1/s1. The average molecular weight is 545 g/mol. The van der Waals surface area contributed by atoms with Crippen LogP contribution in [0.2, 0.25) is 5.04 Å². The quantitative estimate of drug-likeness (QED) is 0.171. The van der Waals surface area contributed by atoms with Crippen molar-refractivity contribution >= 4 is 24.7 Å². The zero-order chi connectivity index (χ0) is 28.1. The minimum atomic E-state index is -2.78. The Bertz CT molecular complexity index is 1170. The third kappa shape index (κ3) is 8.30. The number of esters is 1. The number of ether oxygens (including phenoxy) is 3. The topological polar surface area (TPSA) is 54.0 Å². The van der Waals surface area contributed by atoms with Gasteiger partial charge >= 0.3 is 5.97 Å². The lowest BCUT2D eigenvalue weighted by atomic mass is 10.2. The van der Waals surface area contributed by atoms with Crippen molar-refractivity contribution in [3.8, 4) is 17.6 Å². The Morgan fingerprint density at radius 1 is 0.846 bits per heavy atom. The Balaban J connectivity index is 1.91. The fourth-order valence-electron chi connectivity index (χ4n) is 4.65. The van der Waals surface area contributed by atoms with Crippen LogP contribution in [-0.4, -0.2) is 41.2 Å². The fourth-order valence-corrected chi connectivity index (χ4v) is 9.31. The molecular formula is C33H40O5Si. The molecule has 0 N–H and O–H groups in total. The van der Waals surface area contributed by atoms with Gasteiger partial charge in [-0.1, -0.05) is 93.6 Å². The van der Waals surface area contributed by atoms with E-state index in [4.69, 9.17) is 18.6 Å². The Kier molecular flexibility index (Phi) is 11.4. The number of hydrogen-bond acceptors (Lipinski definition) is 5. The van der Waals surface area contributed by atoms with E-state index in [1.54, 1.807) is 7.11 Å². The molecule has 0 aliphatic carbocycles. The van der Waals surface area contributed by atoms with Crippen LogP contribution < -0.4 is 15.1 Å². The van der Waals surface area contributed by atoms with Gasteiger partial charge in [0.1, 0.15) is 5.75 Å². The molecule has 0 spiro atoms. The second kappa shape index (κ2) is 14.7. The Morgan fingerprint density at radius 2 is 1.44 bits per heavy atom. The lowest BCUT2D eigenvalue weighted by Gasteiger charge is -2.45. The van der Waals surface area contributed by atoms with Gasteiger partial charge in [-0.25, -0.2) is 0 Å². The SMILES string of the molecule is COC(=O)CCC#CC[C@H](COCc1ccc(OC)cc1)O[Si](c1ccccc1)(c1ccccc1)C(C)(C)C. The monoisotopic (exact) mass is 544 g/mol. The fraction of sp³-hybridized carbons (Fsp3) is 0.364. The van der Waals surface area contributed by atoms with E-state index in [9.17, 15) is 4.79 Å². The lowest BCUT2D eigenvalue weighted by molar-refractivity contribution is -0.140. The lowest BCUT2D eigenvalue weighted by Crippen LogP contribution is -2.68. The molecule has 6 heteroatoms. The van der Waals surface area contributed by atoms with Gasteiger partial charge in [0.2, 0.25) is 0 Å². The van der Waals surface area contributed by atoms with E-state index in [0.29, 0.717) is 26.1 Å². The maximum Gasteiger partial charge on any atom is 0.306 e. The number of carbonyl (C=O) groups excluding carboxylic acids is 1. The molecule has 0 saturated carbocycles. The van der Waals surface area contributed by atoms with Crippen LogP contribution in [0.15, 0.2) is 84.9 Å². The van der Waals surface area contributed by atoms with Gasteiger partial charge in [-0.15, -0.1) is 11.8 Å². The van der Waals surface area contributed by atoms with Crippen molar-refractivity contribution < 1.29 is 23.4 Å². The molecule has 39 heavy (non-hydrogen) atoms. The van der Waals surface area contributed by atoms with Crippen molar-refractivity contribution in [3.63, 3.8) is 0 Å². The number of benzene rings is 3. The van der Waals surface area contributed by atoms with Crippen LogP contribution in [0.5, 0.6) is 5.75 Å². The average Bonchev–Trinajstić information content (AvgIpc) is 2.95. The maximum atomic E-state index is 11.5. The number of methoxy groups -OCH3 is 2. The van der Waals surface area contributed by atoms with Crippen LogP contribution in [0.3, 0.4) is 0 Å². The molecule has 0 radical (unpaired) electrons. The summed E-state index contributed by atoms with van der Waals surface area (Å²) in [5.41, 5.74) is 1.06. The summed E-state index contributed by atoms with van der Waals surface area (Å²) in [7, 11) is 0.265. The second-order valence-electron chi connectivity index (χ2n) is 10.4. The molecule has 0 aliphatic rings. The highest BCUT2D eigenvalue weighted by Crippen LogP contribution is 2.37. The summed E-state index contributed by atoms with van der Waals surface area (Å²) < 4.78 is 23.5. The summed E-state index contributed by atoms with van der Waals surface area (Å²) in [6, 6.07) is 29.0. The summed E-state index contributed by atoms with van der Waals surface area (Å²) in [6.45, 7) is 7.63. The molecule has 206 valence electrons. The molecular weight excluding hydrogens is 504 g/mol. The highest BCUT2D eigenvalue weighted by atomic mass is 28.4. The molecule has 0 unspecified atom stereocenters. The van der Waals surface area contributed by atoms with Crippen molar-refractivity contribution in [1.82, 2.24) is 0 Å². The Hall–Kier alpha value is -3.37. The van der Waals surface area contributed by atoms with Crippen LogP contribution in [0.1, 0.15) is 45.6 Å². The number of hydrogen-bond donors (Lipinski definition) is 0. The summed E-state index contributed by atoms with van der Waals surface area (Å²) in [4.78, 5) is 11.5. The largest absolute Gasteiger partial charge is 0.497 e. The molecule has 0 bridgehead atoms. The first kappa shape index (κ1) is 30.2. The smallest absolute Gasteiger partial charge is 0.306 e. The van der Waals surface area contributed by atoms with Crippen molar-refractivity contribution in [1.29, 1.82) is 0 Å². The highest BCUT2D eigenvalue weighted by molar-refractivity contribution is 6.99. The van der Waals surface area contributed by atoms with Crippen molar-refractivity contribution in [2.75, 3.05) is 20.8 Å². The third-order valence-corrected chi connectivity index (χ3v) is 11.7. The molecule has 3 aromatic rings. The Morgan fingerprint density at radius 3 is 1.95 bits per heavy atom. The molecule has 3 aromatic carbocycles. The first-order chi connectivity index (χ1) is 18.8. The first-order valence-electron chi connectivity index (χ1n) is 13.3. The van der Waals surface area contributed by atoms with E-state index >= 15 is 0 Å². The van der Waals surface area contributed by atoms with Crippen LogP contribution in [0, 0.1) is 11.8 Å². The second-order valence-corrected chi connectivity index (χ2v) is 14.7. The zero-order valence-electron chi connectivity index (χ0n) is 23.7. The van der Waals surface area contributed by atoms with E-state index in [1.165, 1.54) is 17.5 Å². The molecule has 1 atom stereocenters. The molecule has 5 nitrogen and oxygen atoms in total. The molecule has 0 aromatic heterocycles. The zero-order valence-corrected chi connectivity index (χ0v) is 24.7. The van der Waals surface area contributed by atoms with Crippen molar-refractivity contribution in [2.24, 2.45) is 0 Å². The van der Waals surface area contributed by atoms with Crippen LogP contribution in [0.25, 0.3) is 0 Å². The molecule has 0 aliphatic heterocycles. The maximum absolute atomic E-state index is 11.5. The normalized spacial score (nSPS) is 12.2. The molecule has 0 fully saturated rings. The van der Waals surface area contributed by atoms with Crippen LogP contribution in [-0.2, 0) is 25.3 Å². The number of rotatable bonds is 12. The van der Waals surface area contributed by atoms with E-state index in [-0.39, 0.29) is 23.5 Å². The minimum absolute atomic E-state index is 0.164. The van der Waals surface area contributed by atoms with Gasteiger partial charge in [-0.3, -0.25) is 4.79 Å². The molecule has 0 amide bonds. The summed E-state index contributed by atoms with van der Waals surface area (Å²) in [5, 5.41) is 2.26. The summed E-state index contributed by atoms with van der Waals surface area (Å²) in [6.07, 6.45) is 0.956. The van der Waals surface area contributed by atoms with Gasteiger partial charge < -0.3 is 18.6 Å². The first-order valence-corrected chi connectivity index (χ1v) is 15.2. The van der Waals surface area contributed by atoms with Crippen LogP contribution in [0.4, 0.5) is 0 Å². The van der Waals surface area contributed by atoms with E-state index in [1.807, 2.05) is 36.4 Å². The van der Waals surface area contributed by atoms with Gasteiger partial charge in [0.25, 0.3) is 8.32 Å². The van der Waals surface area contributed by atoms with Crippen molar-refractivity contribution in [3.05, 3.63) is 90.5 Å².